The number of aliphatic imine (C=N–C) groups is 1. The topological polar surface area (TPSA) is 73.9 Å². The molecule has 0 spiro atoms. The Balaban J connectivity index is 1.61. The zero-order chi connectivity index (χ0) is 19.4. The Kier molecular flexibility index (Phi) is 6.70. The molecule has 5 nitrogen and oxygen atoms in total. The number of nitrogens with zero attached hydrogens (tertiary/aromatic N) is 1. The molecule has 0 fully saturated rings. The molecule has 0 aliphatic carbocycles. The molecular weight excluding hydrogens is 475 g/mol. The van der Waals surface area contributed by atoms with Crippen LogP contribution < -0.4 is 15.2 Å². The first kappa shape index (κ1) is 20.1. The molecule has 0 aromatic heterocycles. The summed E-state index contributed by atoms with van der Waals surface area (Å²) in [5.41, 5.74) is 6.19. The number of carbonyl (C=O) groups excluding carboxylic acids is 1. The fourth-order valence-electron chi connectivity index (χ4n) is 2.21. The number of nitrogens with two attached hydrogens (primary N) is 1. The molecular formula is C18H13BrCl2N2O3S. The van der Waals surface area contributed by atoms with E-state index < -0.39 is 0 Å². The summed E-state index contributed by atoms with van der Waals surface area (Å²) >= 11 is 17.0. The summed E-state index contributed by atoms with van der Waals surface area (Å²) in [6.07, 6.45) is 1.63. The molecule has 0 saturated heterocycles. The van der Waals surface area contributed by atoms with Gasteiger partial charge in [0.05, 0.1) is 15.0 Å². The molecule has 140 valence electrons. The maximum atomic E-state index is 11.7. The molecule has 2 N–H and O–H groups in total. The second kappa shape index (κ2) is 9.01. The van der Waals surface area contributed by atoms with E-state index in [-0.39, 0.29) is 17.7 Å². The zero-order valence-electron chi connectivity index (χ0n) is 13.7. The lowest BCUT2D eigenvalue weighted by molar-refractivity contribution is -0.113. The first-order chi connectivity index (χ1) is 12.9. The molecule has 0 atom stereocenters. The van der Waals surface area contributed by atoms with Crippen molar-refractivity contribution < 1.29 is 14.3 Å². The van der Waals surface area contributed by atoms with Gasteiger partial charge in [-0.15, -0.1) is 0 Å². The number of benzene rings is 2. The van der Waals surface area contributed by atoms with Crippen molar-refractivity contribution in [3.63, 3.8) is 0 Å². The Morgan fingerprint density at radius 3 is 2.33 bits per heavy atom. The van der Waals surface area contributed by atoms with Crippen molar-refractivity contribution in [2.24, 2.45) is 10.7 Å². The highest BCUT2D eigenvalue weighted by atomic mass is 79.9. The van der Waals surface area contributed by atoms with E-state index >= 15 is 0 Å². The van der Waals surface area contributed by atoms with Gasteiger partial charge in [-0.3, -0.25) is 4.79 Å². The SMILES string of the molecule is NC1=NC(=O)C(=Cc2cc(Cl)c(OCCOc3ccc(Br)cc3)c(Cl)c2)S1. The lowest BCUT2D eigenvalue weighted by atomic mass is 10.2. The van der Waals surface area contributed by atoms with Gasteiger partial charge in [-0.1, -0.05) is 39.1 Å². The van der Waals surface area contributed by atoms with Gasteiger partial charge >= 0.3 is 0 Å². The van der Waals surface area contributed by atoms with E-state index in [9.17, 15) is 4.79 Å². The molecule has 1 aliphatic heterocycles. The molecule has 2 aromatic rings. The van der Waals surface area contributed by atoms with Crippen LogP contribution in [0.25, 0.3) is 6.08 Å². The van der Waals surface area contributed by atoms with Crippen LogP contribution in [0, 0.1) is 0 Å². The summed E-state index contributed by atoms with van der Waals surface area (Å²) in [7, 11) is 0. The molecule has 1 aliphatic rings. The van der Waals surface area contributed by atoms with Gasteiger partial charge in [-0.25, -0.2) is 0 Å². The van der Waals surface area contributed by atoms with Crippen LogP contribution in [0.5, 0.6) is 11.5 Å². The van der Waals surface area contributed by atoms with Gasteiger partial charge in [0.1, 0.15) is 19.0 Å². The predicted molar refractivity (Wildman–Crippen MR) is 114 cm³/mol. The lowest BCUT2D eigenvalue weighted by Gasteiger charge is -2.12. The minimum atomic E-state index is -0.379. The summed E-state index contributed by atoms with van der Waals surface area (Å²) in [6, 6.07) is 10.8. The van der Waals surface area contributed by atoms with E-state index in [4.69, 9.17) is 38.4 Å². The standard InChI is InChI=1S/C18H13BrCl2N2O3S/c19-11-1-3-12(4-2-11)25-5-6-26-16-13(20)7-10(8-14(16)21)9-15-17(24)23-18(22)27-15/h1-4,7-9H,5-6H2,(H2,22,23,24). The van der Waals surface area contributed by atoms with Gasteiger partial charge < -0.3 is 15.2 Å². The quantitative estimate of drug-likeness (QED) is 0.450. The second-order valence-corrected chi connectivity index (χ2v) is 8.12. The van der Waals surface area contributed by atoms with E-state index in [0.717, 1.165) is 22.0 Å². The van der Waals surface area contributed by atoms with Crippen molar-refractivity contribution in [1.82, 2.24) is 0 Å². The van der Waals surface area contributed by atoms with Crippen LogP contribution >= 0.6 is 50.9 Å². The van der Waals surface area contributed by atoms with Crippen LogP contribution in [0.15, 0.2) is 50.8 Å². The predicted octanol–water partition coefficient (Wildman–Crippen LogP) is 5.14. The first-order valence-electron chi connectivity index (χ1n) is 7.70. The molecule has 1 heterocycles. The van der Waals surface area contributed by atoms with Gasteiger partial charge in [-0.05, 0) is 59.8 Å². The van der Waals surface area contributed by atoms with Crippen LogP contribution in [0.2, 0.25) is 10.0 Å². The van der Waals surface area contributed by atoms with Crippen molar-refractivity contribution in [3.05, 3.63) is 61.4 Å². The number of carbonyl (C=O) groups is 1. The number of hydrogen-bond donors (Lipinski definition) is 1. The highest BCUT2D eigenvalue weighted by Gasteiger charge is 2.20. The third kappa shape index (κ3) is 5.42. The van der Waals surface area contributed by atoms with E-state index in [2.05, 4.69) is 20.9 Å². The number of thioether (sulfide) groups is 1. The summed E-state index contributed by atoms with van der Waals surface area (Å²) in [5.74, 6) is 0.720. The molecule has 0 saturated carbocycles. The Morgan fingerprint density at radius 1 is 1.11 bits per heavy atom. The van der Waals surface area contributed by atoms with Crippen LogP contribution in [-0.2, 0) is 4.79 Å². The molecule has 9 heteroatoms. The van der Waals surface area contributed by atoms with Crippen molar-refractivity contribution >= 4 is 68.0 Å². The molecule has 3 rings (SSSR count). The molecule has 1 amide bonds. The van der Waals surface area contributed by atoms with E-state index in [0.29, 0.717) is 32.9 Å². The zero-order valence-corrected chi connectivity index (χ0v) is 17.7. The van der Waals surface area contributed by atoms with Crippen LogP contribution in [0.1, 0.15) is 5.56 Å². The van der Waals surface area contributed by atoms with Crippen LogP contribution in [-0.4, -0.2) is 24.3 Å². The fraction of sp³-hybridized carbons (Fsp3) is 0.111. The van der Waals surface area contributed by atoms with Crippen molar-refractivity contribution in [2.75, 3.05) is 13.2 Å². The first-order valence-corrected chi connectivity index (χ1v) is 10.1. The third-order valence-electron chi connectivity index (χ3n) is 3.37. The summed E-state index contributed by atoms with van der Waals surface area (Å²) in [6.45, 7) is 0.608. The lowest BCUT2D eigenvalue weighted by Crippen LogP contribution is -2.09. The fourth-order valence-corrected chi connectivity index (χ4v) is 3.77. The van der Waals surface area contributed by atoms with Gasteiger partial charge in [0.25, 0.3) is 5.91 Å². The highest BCUT2D eigenvalue weighted by Crippen LogP contribution is 2.36. The molecule has 0 radical (unpaired) electrons. The summed E-state index contributed by atoms with van der Waals surface area (Å²) in [5, 5.41) is 0.888. The highest BCUT2D eigenvalue weighted by molar-refractivity contribution is 9.10. The van der Waals surface area contributed by atoms with Crippen LogP contribution in [0.4, 0.5) is 0 Å². The Labute approximate surface area is 178 Å². The van der Waals surface area contributed by atoms with E-state index in [1.165, 1.54) is 0 Å². The van der Waals surface area contributed by atoms with Gasteiger partial charge in [-0.2, -0.15) is 4.99 Å². The van der Waals surface area contributed by atoms with Gasteiger partial charge in [0, 0.05) is 4.47 Å². The Bertz CT molecular complexity index is 910. The normalized spacial score (nSPS) is 15.1. The number of rotatable bonds is 6. The molecule has 0 unspecified atom stereocenters. The summed E-state index contributed by atoms with van der Waals surface area (Å²) < 4.78 is 12.2. The van der Waals surface area contributed by atoms with Crippen LogP contribution in [0.3, 0.4) is 0 Å². The largest absolute Gasteiger partial charge is 0.490 e. The second-order valence-electron chi connectivity index (χ2n) is 5.33. The number of amidine groups is 1. The average molecular weight is 488 g/mol. The minimum absolute atomic E-state index is 0.217. The van der Waals surface area contributed by atoms with E-state index in [1.807, 2.05) is 24.3 Å². The maximum Gasteiger partial charge on any atom is 0.286 e. The van der Waals surface area contributed by atoms with E-state index in [1.54, 1.807) is 18.2 Å². The van der Waals surface area contributed by atoms with Crippen molar-refractivity contribution in [1.29, 1.82) is 0 Å². The number of amides is 1. The average Bonchev–Trinajstić information content (AvgIpc) is 2.92. The number of ether oxygens (including phenoxy) is 2. The smallest absolute Gasteiger partial charge is 0.286 e. The number of hydrogen-bond acceptors (Lipinski definition) is 5. The summed E-state index contributed by atoms with van der Waals surface area (Å²) in [4.78, 5) is 15.7. The van der Waals surface area contributed by atoms with Crippen molar-refractivity contribution in [3.8, 4) is 11.5 Å². The van der Waals surface area contributed by atoms with Gasteiger partial charge in [0.2, 0.25) is 0 Å². The van der Waals surface area contributed by atoms with Crippen molar-refractivity contribution in [2.45, 2.75) is 0 Å². The molecule has 0 bridgehead atoms. The monoisotopic (exact) mass is 486 g/mol. The Morgan fingerprint density at radius 2 is 1.74 bits per heavy atom. The van der Waals surface area contributed by atoms with Gasteiger partial charge in [0.15, 0.2) is 10.9 Å². The number of halogens is 3. The minimum Gasteiger partial charge on any atom is -0.490 e. The third-order valence-corrected chi connectivity index (χ3v) is 5.27. The Hall–Kier alpha value is -1.67. The molecule has 27 heavy (non-hydrogen) atoms. The molecule has 2 aromatic carbocycles. The maximum absolute atomic E-state index is 11.7.